The van der Waals surface area contributed by atoms with Crippen LogP contribution < -0.4 is 5.32 Å². The van der Waals surface area contributed by atoms with Gasteiger partial charge in [-0.1, -0.05) is 36.7 Å². The summed E-state index contributed by atoms with van der Waals surface area (Å²) in [5.74, 6) is 1.28. The van der Waals surface area contributed by atoms with E-state index in [-0.39, 0.29) is 0 Å². The minimum absolute atomic E-state index is 0.512. The summed E-state index contributed by atoms with van der Waals surface area (Å²) in [4.78, 5) is 0. The maximum atomic E-state index is 6.40. The Balaban J connectivity index is 2.01. The highest BCUT2D eigenvalue weighted by molar-refractivity contribution is 6.31. The molecule has 0 radical (unpaired) electrons. The van der Waals surface area contributed by atoms with Crippen molar-refractivity contribution in [1.82, 2.24) is 5.32 Å². The van der Waals surface area contributed by atoms with Crippen LogP contribution in [0, 0.1) is 5.92 Å². The van der Waals surface area contributed by atoms with Gasteiger partial charge in [-0.05, 0) is 55.7 Å². The summed E-state index contributed by atoms with van der Waals surface area (Å²) in [5.41, 5.74) is 1.30. The lowest BCUT2D eigenvalue weighted by molar-refractivity contribution is 0.0616. The number of halogens is 1. The van der Waals surface area contributed by atoms with Gasteiger partial charge in [0.25, 0.3) is 0 Å². The Labute approximate surface area is 127 Å². The number of ether oxygens (including phenoxy) is 1. The van der Waals surface area contributed by atoms with Crippen LogP contribution in [-0.2, 0) is 4.74 Å². The Morgan fingerprint density at radius 3 is 2.75 bits per heavy atom. The Bertz CT molecular complexity index is 390. The van der Waals surface area contributed by atoms with Gasteiger partial charge in [-0.2, -0.15) is 0 Å². The fourth-order valence-corrected chi connectivity index (χ4v) is 3.25. The molecule has 1 aromatic carbocycles. The highest BCUT2D eigenvalue weighted by Gasteiger charge is 2.21. The molecule has 0 saturated carbocycles. The molecule has 1 aliphatic heterocycles. The van der Waals surface area contributed by atoms with Crippen molar-refractivity contribution in [2.75, 3.05) is 26.3 Å². The average molecular weight is 296 g/mol. The van der Waals surface area contributed by atoms with Crippen LogP contribution in [-0.4, -0.2) is 26.3 Å². The van der Waals surface area contributed by atoms with Gasteiger partial charge >= 0.3 is 0 Å². The van der Waals surface area contributed by atoms with E-state index in [0.717, 1.165) is 37.2 Å². The lowest BCUT2D eigenvalue weighted by Gasteiger charge is -2.27. The van der Waals surface area contributed by atoms with Gasteiger partial charge in [-0.15, -0.1) is 0 Å². The second-order valence-electron chi connectivity index (χ2n) is 5.71. The lowest BCUT2D eigenvalue weighted by Crippen LogP contribution is -2.26. The van der Waals surface area contributed by atoms with Crippen LogP contribution in [0.4, 0.5) is 0 Å². The molecule has 3 heteroatoms. The van der Waals surface area contributed by atoms with Gasteiger partial charge in [0.2, 0.25) is 0 Å². The zero-order chi connectivity index (χ0) is 14.2. The standard InChI is InChI=1S/C17H26ClNO/c1-2-9-19-13-15(12-14-7-10-20-11-8-14)16-5-3-4-6-17(16)18/h3-6,14-15,19H,2,7-13H2,1H3. The fourth-order valence-electron chi connectivity index (χ4n) is 2.96. The van der Waals surface area contributed by atoms with E-state index >= 15 is 0 Å². The van der Waals surface area contributed by atoms with Crippen molar-refractivity contribution in [2.24, 2.45) is 5.92 Å². The zero-order valence-corrected chi connectivity index (χ0v) is 13.2. The van der Waals surface area contributed by atoms with E-state index in [1.54, 1.807) is 0 Å². The predicted molar refractivity (Wildman–Crippen MR) is 85.5 cm³/mol. The first-order valence-corrected chi connectivity index (χ1v) is 8.22. The molecule has 1 heterocycles. The van der Waals surface area contributed by atoms with Gasteiger partial charge in [-0.3, -0.25) is 0 Å². The summed E-state index contributed by atoms with van der Waals surface area (Å²) < 4.78 is 5.47. The third kappa shape index (κ3) is 4.76. The molecule has 1 unspecified atom stereocenters. The van der Waals surface area contributed by atoms with Gasteiger partial charge in [0.05, 0.1) is 0 Å². The van der Waals surface area contributed by atoms with E-state index in [1.807, 2.05) is 12.1 Å². The minimum Gasteiger partial charge on any atom is -0.381 e. The number of nitrogens with one attached hydrogen (secondary N) is 1. The number of rotatable bonds is 7. The number of hydrogen-bond donors (Lipinski definition) is 1. The van der Waals surface area contributed by atoms with E-state index in [2.05, 4.69) is 24.4 Å². The summed E-state index contributed by atoms with van der Waals surface area (Å²) in [6.07, 6.45) is 4.76. The van der Waals surface area contributed by atoms with Crippen molar-refractivity contribution in [2.45, 2.75) is 38.5 Å². The molecule has 2 rings (SSSR count). The molecule has 1 fully saturated rings. The molecule has 112 valence electrons. The average Bonchev–Trinajstić information content (AvgIpc) is 2.48. The summed E-state index contributed by atoms with van der Waals surface area (Å²) in [6, 6.07) is 8.29. The zero-order valence-electron chi connectivity index (χ0n) is 12.4. The quantitative estimate of drug-likeness (QED) is 0.760. The molecule has 1 aromatic rings. The van der Waals surface area contributed by atoms with Gasteiger partial charge in [0, 0.05) is 24.8 Å². The van der Waals surface area contributed by atoms with Crippen molar-refractivity contribution in [3.05, 3.63) is 34.9 Å². The molecule has 0 bridgehead atoms. The second-order valence-corrected chi connectivity index (χ2v) is 6.12. The molecule has 0 spiro atoms. The Morgan fingerprint density at radius 2 is 2.05 bits per heavy atom. The summed E-state index contributed by atoms with van der Waals surface area (Å²) >= 11 is 6.40. The van der Waals surface area contributed by atoms with Crippen LogP contribution >= 0.6 is 11.6 Å². The molecular formula is C17H26ClNO. The molecule has 2 nitrogen and oxygen atoms in total. The van der Waals surface area contributed by atoms with E-state index in [0.29, 0.717) is 5.92 Å². The first kappa shape index (κ1) is 15.8. The largest absolute Gasteiger partial charge is 0.381 e. The van der Waals surface area contributed by atoms with Crippen LogP contribution in [0.2, 0.25) is 5.02 Å². The molecular weight excluding hydrogens is 270 g/mol. The molecule has 0 aliphatic carbocycles. The van der Waals surface area contributed by atoms with Gasteiger partial charge in [0.15, 0.2) is 0 Å². The maximum absolute atomic E-state index is 6.40. The molecule has 1 atom stereocenters. The van der Waals surface area contributed by atoms with Crippen molar-refractivity contribution >= 4 is 11.6 Å². The van der Waals surface area contributed by atoms with E-state index < -0.39 is 0 Å². The second kappa shape index (κ2) is 8.66. The van der Waals surface area contributed by atoms with Crippen LogP contribution in [0.25, 0.3) is 0 Å². The van der Waals surface area contributed by atoms with E-state index in [4.69, 9.17) is 16.3 Å². The Hall–Kier alpha value is -0.570. The van der Waals surface area contributed by atoms with Crippen LogP contribution in [0.1, 0.15) is 44.1 Å². The topological polar surface area (TPSA) is 21.3 Å². The number of benzene rings is 1. The minimum atomic E-state index is 0.512. The fraction of sp³-hybridized carbons (Fsp3) is 0.647. The van der Waals surface area contributed by atoms with Crippen molar-refractivity contribution in [3.63, 3.8) is 0 Å². The van der Waals surface area contributed by atoms with Crippen molar-refractivity contribution < 1.29 is 4.74 Å². The summed E-state index contributed by atoms with van der Waals surface area (Å²) in [6.45, 7) is 6.14. The monoisotopic (exact) mass is 295 g/mol. The first-order valence-electron chi connectivity index (χ1n) is 7.84. The van der Waals surface area contributed by atoms with Crippen LogP contribution in [0.5, 0.6) is 0 Å². The third-order valence-corrected chi connectivity index (χ3v) is 4.47. The summed E-state index contributed by atoms with van der Waals surface area (Å²) in [5, 5.41) is 4.47. The SMILES string of the molecule is CCCNCC(CC1CCOCC1)c1ccccc1Cl. The molecule has 0 aromatic heterocycles. The first-order chi connectivity index (χ1) is 9.81. The van der Waals surface area contributed by atoms with Crippen LogP contribution in [0.15, 0.2) is 24.3 Å². The lowest BCUT2D eigenvalue weighted by atomic mass is 9.85. The van der Waals surface area contributed by atoms with Gasteiger partial charge in [0.1, 0.15) is 0 Å². The predicted octanol–water partition coefficient (Wildman–Crippen LogP) is 4.24. The Kier molecular flexibility index (Phi) is 6.85. The Morgan fingerprint density at radius 1 is 1.30 bits per heavy atom. The van der Waals surface area contributed by atoms with Gasteiger partial charge < -0.3 is 10.1 Å². The van der Waals surface area contributed by atoms with Crippen molar-refractivity contribution in [3.8, 4) is 0 Å². The van der Waals surface area contributed by atoms with Gasteiger partial charge in [-0.25, -0.2) is 0 Å². The van der Waals surface area contributed by atoms with E-state index in [9.17, 15) is 0 Å². The molecule has 1 aliphatic rings. The summed E-state index contributed by atoms with van der Waals surface area (Å²) in [7, 11) is 0. The highest BCUT2D eigenvalue weighted by Crippen LogP contribution is 2.32. The van der Waals surface area contributed by atoms with E-state index in [1.165, 1.54) is 31.2 Å². The number of hydrogen-bond acceptors (Lipinski definition) is 2. The van der Waals surface area contributed by atoms with Crippen molar-refractivity contribution in [1.29, 1.82) is 0 Å². The maximum Gasteiger partial charge on any atom is 0.0468 e. The van der Waals surface area contributed by atoms with Crippen LogP contribution in [0.3, 0.4) is 0 Å². The third-order valence-electron chi connectivity index (χ3n) is 4.12. The molecule has 1 N–H and O–H groups in total. The highest BCUT2D eigenvalue weighted by atomic mass is 35.5. The molecule has 20 heavy (non-hydrogen) atoms. The normalized spacial score (nSPS) is 18.1. The molecule has 1 saturated heterocycles. The smallest absolute Gasteiger partial charge is 0.0468 e. The molecule has 0 amide bonds.